The van der Waals surface area contributed by atoms with Crippen molar-refractivity contribution in [2.45, 2.75) is 32.7 Å². The molecule has 0 heterocycles. The fourth-order valence-electron chi connectivity index (χ4n) is 1.30. The van der Waals surface area contributed by atoms with Gasteiger partial charge in [0, 0.05) is 10.2 Å². The molecular weight excluding hydrogens is 264 g/mol. The van der Waals surface area contributed by atoms with Crippen molar-refractivity contribution in [3.63, 3.8) is 0 Å². The van der Waals surface area contributed by atoms with E-state index in [4.69, 9.17) is 0 Å². The zero-order valence-electron chi connectivity index (χ0n) is 8.73. The van der Waals surface area contributed by atoms with Crippen molar-refractivity contribution in [3.8, 4) is 0 Å². The minimum Gasteiger partial charge on any atom is -0.377 e. The molecule has 1 N–H and O–H groups in total. The van der Waals surface area contributed by atoms with Crippen LogP contribution in [0.15, 0.2) is 22.7 Å². The standard InChI is InChI=1S/C11H14BrF2N/c1-3-8-6-9(12)4-5-10(8)15-7(2)11(13)14/h4-7,11,15H,3H2,1-2H3. The van der Waals surface area contributed by atoms with E-state index in [1.165, 1.54) is 6.92 Å². The van der Waals surface area contributed by atoms with Gasteiger partial charge in [-0.3, -0.25) is 0 Å². The summed E-state index contributed by atoms with van der Waals surface area (Å²) in [6.45, 7) is 3.48. The Morgan fingerprint density at radius 2 is 2.07 bits per heavy atom. The van der Waals surface area contributed by atoms with Crippen molar-refractivity contribution >= 4 is 21.6 Å². The molecule has 0 fully saturated rings. The smallest absolute Gasteiger partial charge is 0.258 e. The Balaban J connectivity index is 2.84. The molecule has 0 spiro atoms. The van der Waals surface area contributed by atoms with Crippen LogP contribution in [-0.4, -0.2) is 12.5 Å². The van der Waals surface area contributed by atoms with Gasteiger partial charge in [0.2, 0.25) is 0 Å². The van der Waals surface area contributed by atoms with Crippen molar-refractivity contribution in [2.75, 3.05) is 5.32 Å². The van der Waals surface area contributed by atoms with E-state index in [9.17, 15) is 8.78 Å². The summed E-state index contributed by atoms with van der Waals surface area (Å²) >= 11 is 3.36. The van der Waals surface area contributed by atoms with Crippen molar-refractivity contribution < 1.29 is 8.78 Å². The average Bonchev–Trinajstić information content (AvgIpc) is 2.20. The Bertz CT molecular complexity index is 328. The first kappa shape index (κ1) is 12.4. The molecule has 0 aliphatic heterocycles. The highest BCUT2D eigenvalue weighted by Crippen LogP contribution is 2.23. The van der Waals surface area contributed by atoms with Gasteiger partial charge in [-0.15, -0.1) is 0 Å². The summed E-state index contributed by atoms with van der Waals surface area (Å²) in [7, 11) is 0. The molecule has 84 valence electrons. The van der Waals surface area contributed by atoms with Crippen LogP contribution in [0.3, 0.4) is 0 Å². The van der Waals surface area contributed by atoms with E-state index in [0.29, 0.717) is 0 Å². The first-order chi connectivity index (χ1) is 7.04. The molecule has 1 unspecified atom stereocenters. The summed E-state index contributed by atoms with van der Waals surface area (Å²) in [6, 6.07) is 4.79. The van der Waals surface area contributed by atoms with Crippen LogP contribution in [-0.2, 0) is 6.42 Å². The largest absolute Gasteiger partial charge is 0.377 e. The van der Waals surface area contributed by atoms with Crippen LogP contribution in [0.1, 0.15) is 19.4 Å². The van der Waals surface area contributed by atoms with E-state index in [0.717, 1.165) is 22.1 Å². The third kappa shape index (κ3) is 3.45. The van der Waals surface area contributed by atoms with E-state index in [2.05, 4.69) is 21.2 Å². The fraction of sp³-hybridized carbons (Fsp3) is 0.455. The number of benzene rings is 1. The van der Waals surface area contributed by atoms with Crippen LogP contribution >= 0.6 is 15.9 Å². The molecule has 1 atom stereocenters. The number of nitrogens with one attached hydrogen (secondary N) is 1. The highest BCUT2D eigenvalue weighted by molar-refractivity contribution is 9.10. The summed E-state index contributed by atoms with van der Waals surface area (Å²) in [5.41, 5.74) is 1.82. The summed E-state index contributed by atoms with van der Waals surface area (Å²) in [5.74, 6) is 0. The molecule has 0 aliphatic rings. The first-order valence-corrected chi connectivity index (χ1v) is 5.67. The van der Waals surface area contributed by atoms with Crippen molar-refractivity contribution in [3.05, 3.63) is 28.2 Å². The first-order valence-electron chi connectivity index (χ1n) is 4.87. The van der Waals surface area contributed by atoms with E-state index in [1.54, 1.807) is 0 Å². The molecule has 15 heavy (non-hydrogen) atoms. The Labute approximate surface area is 97.0 Å². The van der Waals surface area contributed by atoms with Crippen LogP contribution in [0.25, 0.3) is 0 Å². The van der Waals surface area contributed by atoms with Crippen molar-refractivity contribution in [2.24, 2.45) is 0 Å². The van der Waals surface area contributed by atoms with Gasteiger partial charge in [-0.2, -0.15) is 0 Å². The SMILES string of the molecule is CCc1cc(Br)ccc1NC(C)C(F)F. The number of hydrogen-bond acceptors (Lipinski definition) is 1. The Kier molecular flexibility index (Phi) is 4.51. The number of aryl methyl sites for hydroxylation is 1. The second kappa shape index (κ2) is 5.45. The maximum absolute atomic E-state index is 12.4. The Morgan fingerprint density at radius 3 is 2.60 bits per heavy atom. The lowest BCUT2D eigenvalue weighted by Gasteiger charge is -2.17. The quantitative estimate of drug-likeness (QED) is 0.875. The molecule has 1 aromatic rings. The molecule has 4 heteroatoms. The lowest BCUT2D eigenvalue weighted by atomic mass is 10.1. The average molecular weight is 278 g/mol. The fourth-order valence-corrected chi connectivity index (χ4v) is 1.71. The number of hydrogen-bond donors (Lipinski definition) is 1. The molecule has 1 rings (SSSR count). The van der Waals surface area contributed by atoms with Gasteiger partial charge in [0.25, 0.3) is 6.43 Å². The van der Waals surface area contributed by atoms with Gasteiger partial charge in [0.1, 0.15) is 0 Å². The molecule has 0 aromatic heterocycles. The highest BCUT2D eigenvalue weighted by atomic mass is 79.9. The number of halogens is 3. The normalized spacial score (nSPS) is 12.9. The molecular formula is C11H14BrF2N. The topological polar surface area (TPSA) is 12.0 Å². The van der Waals surface area contributed by atoms with Gasteiger partial charge in [-0.25, -0.2) is 8.78 Å². The lowest BCUT2D eigenvalue weighted by Crippen LogP contribution is -2.24. The molecule has 0 radical (unpaired) electrons. The van der Waals surface area contributed by atoms with Crippen LogP contribution in [0.4, 0.5) is 14.5 Å². The lowest BCUT2D eigenvalue weighted by molar-refractivity contribution is 0.130. The minimum absolute atomic E-state index is 0.786. The van der Waals surface area contributed by atoms with Crippen LogP contribution in [0, 0.1) is 0 Å². The van der Waals surface area contributed by atoms with Crippen LogP contribution in [0.2, 0.25) is 0 Å². The van der Waals surface area contributed by atoms with E-state index >= 15 is 0 Å². The van der Waals surface area contributed by atoms with Gasteiger partial charge in [0.05, 0.1) is 6.04 Å². The number of rotatable bonds is 4. The second-order valence-corrected chi connectivity index (χ2v) is 4.34. The van der Waals surface area contributed by atoms with Gasteiger partial charge in [-0.05, 0) is 37.1 Å². The van der Waals surface area contributed by atoms with Gasteiger partial charge in [0.15, 0.2) is 0 Å². The summed E-state index contributed by atoms with van der Waals surface area (Å²) in [4.78, 5) is 0. The summed E-state index contributed by atoms with van der Waals surface area (Å²) in [5, 5.41) is 2.82. The highest BCUT2D eigenvalue weighted by Gasteiger charge is 2.15. The van der Waals surface area contributed by atoms with E-state index in [1.807, 2.05) is 25.1 Å². The van der Waals surface area contributed by atoms with E-state index < -0.39 is 12.5 Å². The van der Waals surface area contributed by atoms with Crippen LogP contribution in [0.5, 0.6) is 0 Å². The van der Waals surface area contributed by atoms with Gasteiger partial charge in [-0.1, -0.05) is 22.9 Å². The van der Waals surface area contributed by atoms with Crippen molar-refractivity contribution in [1.82, 2.24) is 0 Å². The molecule has 0 amide bonds. The molecule has 0 saturated heterocycles. The number of alkyl halides is 2. The molecule has 0 aliphatic carbocycles. The number of anilines is 1. The van der Waals surface area contributed by atoms with E-state index in [-0.39, 0.29) is 0 Å². The predicted molar refractivity (Wildman–Crippen MR) is 62.6 cm³/mol. The minimum atomic E-state index is -2.35. The summed E-state index contributed by atoms with van der Waals surface area (Å²) < 4.78 is 25.7. The second-order valence-electron chi connectivity index (χ2n) is 3.42. The molecule has 0 bridgehead atoms. The molecule has 1 nitrogen and oxygen atoms in total. The Hall–Kier alpha value is -0.640. The molecule has 1 aromatic carbocycles. The maximum atomic E-state index is 12.4. The third-order valence-electron chi connectivity index (χ3n) is 2.21. The van der Waals surface area contributed by atoms with Gasteiger partial charge >= 0.3 is 0 Å². The van der Waals surface area contributed by atoms with Crippen molar-refractivity contribution in [1.29, 1.82) is 0 Å². The molecule has 0 saturated carbocycles. The van der Waals surface area contributed by atoms with Gasteiger partial charge < -0.3 is 5.32 Å². The monoisotopic (exact) mass is 277 g/mol. The maximum Gasteiger partial charge on any atom is 0.258 e. The zero-order chi connectivity index (χ0) is 11.4. The Morgan fingerprint density at radius 1 is 1.40 bits per heavy atom. The zero-order valence-corrected chi connectivity index (χ0v) is 10.3. The van der Waals surface area contributed by atoms with Crippen LogP contribution < -0.4 is 5.32 Å². The summed E-state index contributed by atoms with van der Waals surface area (Å²) in [6.07, 6.45) is -1.53. The predicted octanol–water partition coefficient (Wildman–Crippen LogP) is 4.08. The third-order valence-corrected chi connectivity index (χ3v) is 2.70.